The van der Waals surface area contributed by atoms with E-state index in [9.17, 15) is 19.3 Å². The summed E-state index contributed by atoms with van der Waals surface area (Å²) in [5.74, 6) is -0.372. The highest BCUT2D eigenvalue weighted by Gasteiger charge is 2.20. The topological polar surface area (TPSA) is 72.7 Å². The van der Waals surface area contributed by atoms with E-state index in [1.807, 2.05) is 0 Å². The standard InChI is InChI=1S/C17H16BrFN2O4/c1-11(12-4-3-5-14(8-12)21(23)24)20(2)17(22)10-25-16-7-6-13(19)9-15(16)18/h3-9,11H,10H2,1-2H3/t11-/m0/s1. The minimum Gasteiger partial charge on any atom is -0.483 e. The number of halogens is 2. The van der Waals surface area contributed by atoms with Crippen LogP contribution in [0.2, 0.25) is 0 Å². The molecular weight excluding hydrogens is 395 g/mol. The van der Waals surface area contributed by atoms with Crippen molar-refractivity contribution in [1.82, 2.24) is 4.90 Å². The van der Waals surface area contributed by atoms with Crippen LogP contribution in [0.5, 0.6) is 5.75 Å². The molecule has 0 bridgehead atoms. The lowest BCUT2D eigenvalue weighted by Crippen LogP contribution is -2.33. The molecule has 0 N–H and O–H groups in total. The van der Waals surface area contributed by atoms with Gasteiger partial charge in [-0.05, 0) is 46.6 Å². The van der Waals surface area contributed by atoms with Crippen LogP contribution in [-0.2, 0) is 4.79 Å². The number of nitrogens with zero attached hydrogens (tertiary/aromatic N) is 2. The number of hydrogen-bond acceptors (Lipinski definition) is 4. The summed E-state index contributed by atoms with van der Waals surface area (Å²) >= 11 is 3.17. The number of ether oxygens (including phenoxy) is 1. The minimum atomic E-state index is -0.479. The van der Waals surface area contributed by atoms with E-state index in [1.165, 1.54) is 35.2 Å². The maximum atomic E-state index is 13.0. The Morgan fingerprint density at radius 3 is 2.72 bits per heavy atom. The second-order valence-electron chi connectivity index (χ2n) is 5.40. The molecule has 0 aliphatic carbocycles. The van der Waals surface area contributed by atoms with E-state index in [1.54, 1.807) is 26.1 Å². The molecule has 2 aromatic rings. The molecule has 0 saturated carbocycles. The molecule has 2 aromatic carbocycles. The van der Waals surface area contributed by atoms with Crippen LogP contribution >= 0.6 is 15.9 Å². The number of nitro benzene ring substituents is 1. The van der Waals surface area contributed by atoms with Crippen molar-refractivity contribution < 1.29 is 18.8 Å². The summed E-state index contributed by atoms with van der Waals surface area (Å²) in [6.07, 6.45) is 0. The lowest BCUT2D eigenvalue weighted by molar-refractivity contribution is -0.384. The van der Waals surface area contributed by atoms with E-state index in [-0.39, 0.29) is 24.2 Å². The molecule has 1 atom stereocenters. The first-order chi connectivity index (χ1) is 11.8. The molecule has 0 fully saturated rings. The molecule has 0 aliphatic rings. The Bertz CT molecular complexity index is 800. The van der Waals surface area contributed by atoms with Gasteiger partial charge in [-0.15, -0.1) is 0 Å². The lowest BCUT2D eigenvalue weighted by Gasteiger charge is -2.25. The van der Waals surface area contributed by atoms with E-state index in [4.69, 9.17) is 4.74 Å². The van der Waals surface area contributed by atoms with Gasteiger partial charge in [-0.2, -0.15) is 0 Å². The molecule has 0 spiro atoms. The monoisotopic (exact) mass is 410 g/mol. The molecule has 132 valence electrons. The number of carbonyl (C=O) groups is 1. The summed E-state index contributed by atoms with van der Waals surface area (Å²) in [6, 6.07) is 9.67. The van der Waals surface area contributed by atoms with Crippen LogP contribution in [0.1, 0.15) is 18.5 Å². The Morgan fingerprint density at radius 1 is 1.36 bits per heavy atom. The molecule has 1 amide bonds. The minimum absolute atomic E-state index is 0.0308. The van der Waals surface area contributed by atoms with E-state index in [0.717, 1.165) is 0 Å². The van der Waals surface area contributed by atoms with Gasteiger partial charge < -0.3 is 9.64 Å². The molecule has 0 aromatic heterocycles. The molecule has 6 nitrogen and oxygen atoms in total. The zero-order chi connectivity index (χ0) is 18.6. The average molecular weight is 411 g/mol. The van der Waals surface area contributed by atoms with Crippen LogP contribution in [0.3, 0.4) is 0 Å². The van der Waals surface area contributed by atoms with Crippen molar-refractivity contribution in [2.45, 2.75) is 13.0 Å². The third-order valence-corrected chi connectivity index (χ3v) is 4.40. The van der Waals surface area contributed by atoms with Gasteiger partial charge >= 0.3 is 0 Å². The zero-order valence-corrected chi connectivity index (χ0v) is 15.2. The summed E-state index contributed by atoms with van der Waals surface area (Å²) < 4.78 is 18.9. The Labute approximate surface area is 152 Å². The molecule has 0 heterocycles. The molecule has 0 unspecified atom stereocenters. The Balaban J connectivity index is 2.03. The Hall–Kier alpha value is -2.48. The highest BCUT2D eigenvalue weighted by Crippen LogP contribution is 2.26. The second-order valence-corrected chi connectivity index (χ2v) is 6.25. The van der Waals surface area contributed by atoms with Gasteiger partial charge in [0.2, 0.25) is 0 Å². The summed E-state index contributed by atoms with van der Waals surface area (Å²) in [5, 5.41) is 10.9. The van der Waals surface area contributed by atoms with Crippen LogP contribution in [0.15, 0.2) is 46.9 Å². The highest BCUT2D eigenvalue weighted by molar-refractivity contribution is 9.10. The predicted octanol–water partition coefficient (Wildman–Crippen LogP) is 4.09. The first kappa shape index (κ1) is 18.9. The van der Waals surface area contributed by atoms with Crippen molar-refractivity contribution in [3.05, 3.63) is 68.4 Å². The number of non-ortho nitro benzene ring substituents is 1. The van der Waals surface area contributed by atoms with Crippen molar-refractivity contribution in [1.29, 1.82) is 0 Å². The first-order valence-electron chi connectivity index (χ1n) is 7.37. The van der Waals surface area contributed by atoms with Crippen LogP contribution in [0.4, 0.5) is 10.1 Å². The van der Waals surface area contributed by atoms with Crippen molar-refractivity contribution in [2.75, 3.05) is 13.7 Å². The average Bonchev–Trinajstić information content (AvgIpc) is 2.59. The quantitative estimate of drug-likeness (QED) is 0.530. The number of rotatable bonds is 6. The Morgan fingerprint density at radius 2 is 2.08 bits per heavy atom. The third-order valence-electron chi connectivity index (χ3n) is 3.78. The molecule has 2 rings (SSSR count). The molecule has 0 radical (unpaired) electrons. The molecule has 0 aliphatic heterocycles. The molecular formula is C17H16BrFN2O4. The number of likely N-dealkylation sites (N-methyl/N-ethyl adjacent to an activating group) is 1. The van der Waals surface area contributed by atoms with Crippen molar-refractivity contribution in [3.63, 3.8) is 0 Å². The van der Waals surface area contributed by atoms with Gasteiger partial charge in [0, 0.05) is 19.2 Å². The number of amides is 1. The smallest absolute Gasteiger partial charge is 0.269 e. The second kappa shape index (κ2) is 8.06. The number of hydrogen-bond donors (Lipinski definition) is 0. The number of carbonyl (C=O) groups excluding carboxylic acids is 1. The Kier molecular flexibility index (Phi) is 6.08. The van der Waals surface area contributed by atoms with Gasteiger partial charge in [0.1, 0.15) is 11.6 Å². The molecule has 8 heteroatoms. The first-order valence-corrected chi connectivity index (χ1v) is 8.16. The SMILES string of the molecule is C[C@@H](c1cccc([N+](=O)[O-])c1)N(C)C(=O)COc1ccc(F)cc1Br. The van der Waals surface area contributed by atoms with E-state index < -0.39 is 10.7 Å². The van der Waals surface area contributed by atoms with Crippen molar-refractivity contribution >= 4 is 27.5 Å². The van der Waals surface area contributed by atoms with Crippen LogP contribution in [0, 0.1) is 15.9 Å². The van der Waals surface area contributed by atoms with Crippen LogP contribution in [0.25, 0.3) is 0 Å². The fourth-order valence-electron chi connectivity index (χ4n) is 2.17. The maximum absolute atomic E-state index is 13.0. The summed E-state index contributed by atoms with van der Waals surface area (Å²) in [6.45, 7) is 1.53. The fraction of sp³-hybridized carbons (Fsp3) is 0.235. The third kappa shape index (κ3) is 4.76. The van der Waals surface area contributed by atoms with Gasteiger partial charge in [0.25, 0.3) is 11.6 Å². The molecule has 25 heavy (non-hydrogen) atoms. The molecule has 0 saturated heterocycles. The van der Waals surface area contributed by atoms with Gasteiger partial charge in [-0.3, -0.25) is 14.9 Å². The summed E-state index contributed by atoms with van der Waals surface area (Å²) in [7, 11) is 1.59. The maximum Gasteiger partial charge on any atom is 0.269 e. The zero-order valence-electron chi connectivity index (χ0n) is 13.6. The van der Waals surface area contributed by atoms with Crippen LogP contribution in [-0.4, -0.2) is 29.4 Å². The van der Waals surface area contributed by atoms with E-state index in [2.05, 4.69) is 15.9 Å². The van der Waals surface area contributed by atoms with Gasteiger partial charge in [-0.1, -0.05) is 12.1 Å². The predicted molar refractivity (Wildman–Crippen MR) is 93.9 cm³/mol. The summed E-state index contributed by atoms with van der Waals surface area (Å²) in [5.41, 5.74) is 0.615. The summed E-state index contributed by atoms with van der Waals surface area (Å²) in [4.78, 5) is 24.1. The normalized spacial score (nSPS) is 11.7. The highest BCUT2D eigenvalue weighted by atomic mass is 79.9. The van der Waals surface area contributed by atoms with E-state index in [0.29, 0.717) is 15.8 Å². The number of nitro groups is 1. The number of benzene rings is 2. The van der Waals surface area contributed by atoms with E-state index >= 15 is 0 Å². The van der Waals surface area contributed by atoms with Gasteiger partial charge in [-0.25, -0.2) is 4.39 Å². The lowest BCUT2D eigenvalue weighted by atomic mass is 10.1. The fourth-order valence-corrected chi connectivity index (χ4v) is 2.64. The largest absolute Gasteiger partial charge is 0.483 e. The van der Waals surface area contributed by atoms with Crippen molar-refractivity contribution in [3.8, 4) is 5.75 Å². The van der Waals surface area contributed by atoms with Crippen molar-refractivity contribution in [2.24, 2.45) is 0 Å². The van der Waals surface area contributed by atoms with Gasteiger partial charge in [0.15, 0.2) is 6.61 Å². The van der Waals surface area contributed by atoms with Gasteiger partial charge in [0.05, 0.1) is 15.4 Å². The van der Waals surface area contributed by atoms with Crippen LogP contribution < -0.4 is 4.74 Å².